The summed E-state index contributed by atoms with van der Waals surface area (Å²) in [6.07, 6.45) is 0.791. The van der Waals surface area contributed by atoms with Gasteiger partial charge in [-0.3, -0.25) is 4.79 Å². The van der Waals surface area contributed by atoms with Crippen LogP contribution in [0.25, 0.3) is 0 Å². The maximum Gasteiger partial charge on any atom is 0.241 e. The summed E-state index contributed by atoms with van der Waals surface area (Å²) >= 11 is 11.3. The largest absolute Gasteiger partial charge is 0.325 e. The van der Waals surface area contributed by atoms with E-state index >= 15 is 0 Å². The van der Waals surface area contributed by atoms with E-state index in [4.69, 9.17) is 28.9 Å². The lowest BCUT2D eigenvalue weighted by atomic mass is 9.99. The summed E-state index contributed by atoms with van der Waals surface area (Å²) in [5.74, 6) is -0.998. The van der Waals surface area contributed by atoms with Crippen LogP contribution in [0.15, 0.2) is 12.1 Å². The van der Waals surface area contributed by atoms with Gasteiger partial charge in [0.05, 0.1) is 16.1 Å². The second kappa shape index (κ2) is 6.36. The summed E-state index contributed by atoms with van der Waals surface area (Å²) in [6.45, 7) is 3.83. The Morgan fingerprint density at radius 1 is 1.44 bits per heavy atom. The van der Waals surface area contributed by atoms with Crippen LogP contribution in [0, 0.1) is 11.7 Å². The highest BCUT2D eigenvalue weighted by Gasteiger charge is 2.20. The number of anilines is 1. The summed E-state index contributed by atoms with van der Waals surface area (Å²) in [7, 11) is 0. The Kier molecular flexibility index (Phi) is 5.38. The molecule has 0 spiro atoms. The van der Waals surface area contributed by atoms with Gasteiger partial charge in [0.25, 0.3) is 0 Å². The van der Waals surface area contributed by atoms with Crippen LogP contribution in [0.2, 0.25) is 10.0 Å². The van der Waals surface area contributed by atoms with Gasteiger partial charge in [0, 0.05) is 5.69 Å². The summed E-state index contributed by atoms with van der Waals surface area (Å²) in [6, 6.07) is 1.96. The van der Waals surface area contributed by atoms with Crippen molar-refractivity contribution < 1.29 is 9.18 Å². The van der Waals surface area contributed by atoms with E-state index in [9.17, 15) is 9.18 Å². The van der Waals surface area contributed by atoms with E-state index in [0.29, 0.717) is 5.69 Å². The van der Waals surface area contributed by atoms with Crippen molar-refractivity contribution >= 4 is 34.8 Å². The number of benzene rings is 1. The Hall–Kier alpha value is -0.840. The molecular weight excluding hydrogens is 278 g/mol. The molecule has 2 atom stereocenters. The fraction of sp³-hybridized carbons (Fsp3) is 0.417. The molecule has 1 aromatic carbocycles. The number of carbonyl (C=O) groups is 1. The van der Waals surface area contributed by atoms with Crippen LogP contribution >= 0.6 is 23.2 Å². The number of halogens is 3. The number of hydrogen-bond acceptors (Lipinski definition) is 2. The van der Waals surface area contributed by atoms with Gasteiger partial charge in [-0.15, -0.1) is 0 Å². The molecule has 0 aliphatic carbocycles. The van der Waals surface area contributed by atoms with Gasteiger partial charge in [0.2, 0.25) is 5.91 Å². The van der Waals surface area contributed by atoms with E-state index in [1.165, 1.54) is 12.1 Å². The van der Waals surface area contributed by atoms with Gasteiger partial charge in [0.15, 0.2) is 5.82 Å². The second-order valence-corrected chi connectivity index (χ2v) is 4.97. The van der Waals surface area contributed by atoms with Crippen LogP contribution in [0.4, 0.5) is 10.1 Å². The van der Waals surface area contributed by atoms with Gasteiger partial charge in [-0.2, -0.15) is 0 Å². The summed E-state index contributed by atoms with van der Waals surface area (Å²) in [4.78, 5) is 11.8. The number of nitrogens with two attached hydrogens (primary N) is 1. The molecule has 0 aliphatic rings. The van der Waals surface area contributed by atoms with E-state index in [1.807, 2.05) is 13.8 Å². The quantitative estimate of drug-likeness (QED) is 0.835. The van der Waals surface area contributed by atoms with Crippen LogP contribution in [0.1, 0.15) is 20.3 Å². The first-order chi connectivity index (χ1) is 8.36. The molecule has 6 heteroatoms. The molecule has 0 saturated heterocycles. The molecular formula is C12H15Cl2FN2O. The highest BCUT2D eigenvalue weighted by atomic mass is 35.5. The minimum Gasteiger partial charge on any atom is -0.325 e. The van der Waals surface area contributed by atoms with Crippen LogP contribution in [0.5, 0.6) is 0 Å². The molecule has 3 N–H and O–H groups in total. The zero-order chi connectivity index (χ0) is 13.9. The molecule has 3 nitrogen and oxygen atoms in total. The molecule has 1 rings (SSSR count). The first-order valence-corrected chi connectivity index (χ1v) is 6.33. The standard InChI is InChI=1S/C12H15Cl2FN2O/c1-3-6(2)11(16)12(18)17-7-4-8(13)10(15)9(14)5-7/h4-6,11H,3,16H2,1-2H3,(H,17,18)/t6-,11-/m0/s1. The third kappa shape index (κ3) is 3.57. The number of rotatable bonds is 4. The van der Waals surface area contributed by atoms with Gasteiger partial charge in [-0.1, -0.05) is 43.5 Å². The Morgan fingerprint density at radius 3 is 2.39 bits per heavy atom. The normalized spacial score (nSPS) is 14.1. The Balaban J connectivity index is 2.82. The summed E-state index contributed by atoms with van der Waals surface area (Å²) in [5, 5.41) is 2.28. The fourth-order valence-corrected chi connectivity index (χ4v) is 1.85. The Morgan fingerprint density at radius 2 is 1.94 bits per heavy atom. The average molecular weight is 293 g/mol. The fourth-order valence-electron chi connectivity index (χ4n) is 1.37. The van der Waals surface area contributed by atoms with Crippen molar-refractivity contribution in [3.8, 4) is 0 Å². The van der Waals surface area contributed by atoms with Crippen molar-refractivity contribution in [2.75, 3.05) is 5.32 Å². The summed E-state index contributed by atoms with van der Waals surface area (Å²) < 4.78 is 13.2. The van der Waals surface area contributed by atoms with Gasteiger partial charge >= 0.3 is 0 Å². The number of carbonyl (C=O) groups excluding carboxylic acids is 1. The van der Waals surface area contributed by atoms with E-state index in [0.717, 1.165) is 6.42 Å². The van der Waals surface area contributed by atoms with E-state index in [1.54, 1.807) is 0 Å². The lowest BCUT2D eigenvalue weighted by molar-refractivity contribution is -0.118. The smallest absolute Gasteiger partial charge is 0.241 e. The first kappa shape index (κ1) is 15.2. The topological polar surface area (TPSA) is 55.1 Å². The van der Waals surface area contributed by atoms with Gasteiger partial charge in [0.1, 0.15) is 0 Å². The molecule has 0 bridgehead atoms. The van der Waals surface area contributed by atoms with Crippen LogP contribution in [-0.4, -0.2) is 11.9 Å². The molecule has 18 heavy (non-hydrogen) atoms. The van der Waals surface area contributed by atoms with Gasteiger partial charge < -0.3 is 11.1 Å². The summed E-state index contributed by atoms with van der Waals surface area (Å²) in [5.41, 5.74) is 6.10. The molecule has 0 unspecified atom stereocenters. The number of hydrogen-bond donors (Lipinski definition) is 2. The van der Waals surface area contributed by atoms with Crippen LogP contribution < -0.4 is 11.1 Å². The third-order valence-electron chi connectivity index (χ3n) is 2.81. The molecule has 0 aliphatic heterocycles. The molecule has 100 valence electrons. The highest BCUT2D eigenvalue weighted by molar-refractivity contribution is 6.35. The lowest BCUT2D eigenvalue weighted by Gasteiger charge is -2.18. The van der Waals surface area contributed by atoms with Crippen molar-refractivity contribution in [2.45, 2.75) is 26.3 Å². The predicted molar refractivity (Wildman–Crippen MR) is 72.5 cm³/mol. The maximum atomic E-state index is 13.2. The molecule has 0 radical (unpaired) electrons. The second-order valence-electron chi connectivity index (χ2n) is 4.15. The zero-order valence-corrected chi connectivity index (χ0v) is 11.6. The van der Waals surface area contributed by atoms with Crippen molar-refractivity contribution in [1.82, 2.24) is 0 Å². The minimum atomic E-state index is -0.706. The molecule has 1 amide bonds. The van der Waals surface area contributed by atoms with E-state index in [2.05, 4.69) is 5.32 Å². The average Bonchev–Trinajstić information content (AvgIpc) is 2.33. The number of amides is 1. The van der Waals surface area contributed by atoms with Crippen molar-refractivity contribution in [2.24, 2.45) is 11.7 Å². The van der Waals surface area contributed by atoms with Crippen molar-refractivity contribution in [3.05, 3.63) is 28.0 Å². The molecule has 0 fully saturated rings. The first-order valence-electron chi connectivity index (χ1n) is 5.57. The Bertz CT molecular complexity index is 431. The van der Waals surface area contributed by atoms with Crippen LogP contribution in [0.3, 0.4) is 0 Å². The molecule has 0 aromatic heterocycles. The van der Waals surface area contributed by atoms with Crippen molar-refractivity contribution in [1.29, 1.82) is 0 Å². The van der Waals surface area contributed by atoms with Gasteiger partial charge in [-0.05, 0) is 18.1 Å². The third-order valence-corrected chi connectivity index (χ3v) is 3.36. The van der Waals surface area contributed by atoms with Crippen molar-refractivity contribution in [3.63, 3.8) is 0 Å². The minimum absolute atomic E-state index is 0.0522. The Labute approximate surface area is 115 Å². The molecule has 0 saturated carbocycles. The van der Waals surface area contributed by atoms with E-state index in [-0.39, 0.29) is 21.9 Å². The highest BCUT2D eigenvalue weighted by Crippen LogP contribution is 2.27. The molecule has 1 aromatic rings. The van der Waals surface area contributed by atoms with E-state index < -0.39 is 11.9 Å². The lowest BCUT2D eigenvalue weighted by Crippen LogP contribution is -2.40. The molecule has 0 heterocycles. The predicted octanol–water partition coefficient (Wildman–Crippen LogP) is 3.44. The van der Waals surface area contributed by atoms with Crippen LogP contribution in [-0.2, 0) is 4.79 Å². The number of nitrogens with one attached hydrogen (secondary N) is 1. The maximum absolute atomic E-state index is 13.2. The SMILES string of the molecule is CC[C@H](C)[C@H](N)C(=O)Nc1cc(Cl)c(F)c(Cl)c1. The van der Waals surface area contributed by atoms with Gasteiger partial charge in [-0.25, -0.2) is 4.39 Å². The zero-order valence-electron chi connectivity index (χ0n) is 10.1. The monoisotopic (exact) mass is 292 g/mol.